The van der Waals surface area contributed by atoms with Gasteiger partial charge in [-0.2, -0.15) is 0 Å². The Morgan fingerprint density at radius 3 is 2.62 bits per heavy atom. The minimum Gasteiger partial charge on any atom is -0.457 e. The van der Waals surface area contributed by atoms with E-state index >= 15 is 0 Å². The van der Waals surface area contributed by atoms with Crippen LogP contribution in [0.5, 0.6) is 0 Å². The number of aliphatic hydroxyl groups excluding tert-OH is 1. The van der Waals surface area contributed by atoms with Gasteiger partial charge >= 0.3 is 5.97 Å². The van der Waals surface area contributed by atoms with E-state index in [2.05, 4.69) is 58.3 Å². The molecule has 8 atom stereocenters. The molecule has 0 bridgehead atoms. The van der Waals surface area contributed by atoms with Crippen LogP contribution in [0, 0.1) is 35.0 Å². The maximum atomic E-state index is 12.6. The van der Waals surface area contributed by atoms with Gasteiger partial charge in [0.2, 0.25) is 0 Å². The molecule has 3 fully saturated rings. The third-order valence-corrected chi connectivity index (χ3v) is 10.4. The van der Waals surface area contributed by atoms with Crippen LogP contribution in [-0.2, 0) is 4.74 Å². The third kappa shape index (κ3) is 6.25. The molecule has 1 aromatic heterocycles. The Bertz CT molecular complexity index is 1080. The molecule has 5 nitrogen and oxygen atoms in total. The smallest absolute Gasteiger partial charge is 0.357 e. The first-order chi connectivity index (χ1) is 18.5. The highest BCUT2D eigenvalue weighted by molar-refractivity contribution is 5.87. The summed E-state index contributed by atoms with van der Waals surface area (Å²) >= 11 is 0. The highest BCUT2D eigenvalue weighted by atomic mass is 16.5. The predicted molar refractivity (Wildman–Crippen MR) is 156 cm³/mol. The van der Waals surface area contributed by atoms with Crippen LogP contribution < -0.4 is 0 Å². The molecule has 3 aliphatic carbocycles. The zero-order valence-corrected chi connectivity index (χ0v) is 24.6. The Labute approximate surface area is 235 Å². The number of aliphatic hydroxyl groups is 2. The van der Waals surface area contributed by atoms with E-state index in [0.29, 0.717) is 55.0 Å². The van der Waals surface area contributed by atoms with E-state index in [-0.39, 0.29) is 17.4 Å². The number of carbonyl (C=O) groups excluding carboxylic acids is 1. The van der Waals surface area contributed by atoms with Crippen LogP contribution in [0.1, 0.15) is 96.5 Å². The van der Waals surface area contributed by atoms with Gasteiger partial charge in [0, 0.05) is 12.6 Å². The van der Waals surface area contributed by atoms with Gasteiger partial charge < -0.3 is 14.9 Å². The largest absolute Gasteiger partial charge is 0.457 e. The standard InChI is InChI=1S/C34H49NO4/c1-22(2)23(3)11-12-25(5)28-15-16-30-33(28,6)17-9-18-34(30,38)31(36)21-26-20-27(14-13-24(26)4)39-32(37)29-10-7-8-19-35-29/h7-8,10-12,19,21-23,25,27-28,30-31,36,38H,4,9,13-18,20H2,1-3,5-6H3/b12-11+,26-21-/t23-,25+,27+,28+,30+,31?,33+,34?/m1/s1. The second-order valence-corrected chi connectivity index (χ2v) is 13.2. The maximum Gasteiger partial charge on any atom is 0.357 e. The molecule has 39 heavy (non-hydrogen) atoms. The molecule has 0 saturated heterocycles. The molecule has 1 aromatic rings. The van der Waals surface area contributed by atoms with Crippen molar-refractivity contribution in [1.29, 1.82) is 0 Å². The summed E-state index contributed by atoms with van der Waals surface area (Å²) in [4.78, 5) is 16.7. The lowest BCUT2D eigenvalue weighted by atomic mass is 9.56. The van der Waals surface area contributed by atoms with Crippen molar-refractivity contribution >= 4 is 5.97 Å². The Kier molecular flexibility index (Phi) is 9.22. The second kappa shape index (κ2) is 12.1. The maximum absolute atomic E-state index is 12.6. The first kappa shape index (κ1) is 29.7. The van der Waals surface area contributed by atoms with Gasteiger partial charge in [0.25, 0.3) is 0 Å². The molecule has 214 valence electrons. The highest BCUT2D eigenvalue weighted by Crippen LogP contribution is 2.61. The number of ether oxygens (including phenoxy) is 1. The number of fused-ring (bicyclic) bond motifs is 1. The first-order valence-corrected chi connectivity index (χ1v) is 15.0. The lowest BCUT2D eigenvalue weighted by molar-refractivity contribution is -0.155. The fraction of sp³-hybridized carbons (Fsp3) is 0.647. The zero-order valence-electron chi connectivity index (χ0n) is 24.6. The van der Waals surface area contributed by atoms with Crippen molar-refractivity contribution in [1.82, 2.24) is 4.98 Å². The molecule has 0 aliphatic heterocycles. The fourth-order valence-electron chi connectivity index (χ4n) is 7.60. The molecule has 0 radical (unpaired) electrons. The van der Waals surface area contributed by atoms with Crippen LogP contribution >= 0.6 is 0 Å². The number of rotatable bonds is 8. The Hall–Kier alpha value is -2.24. The highest BCUT2D eigenvalue weighted by Gasteiger charge is 2.59. The number of pyridine rings is 1. The minimum absolute atomic E-state index is 0.0123. The van der Waals surface area contributed by atoms with Crippen LogP contribution in [0.4, 0.5) is 0 Å². The molecule has 0 amide bonds. The van der Waals surface area contributed by atoms with Gasteiger partial charge in [0.1, 0.15) is 17.9 Å². The molecule has 2 N–H and O–H groups in total. The fourth-order valence-corrected chi connectivity index (χ4v) is 7.60. The summed E-state index contributed by atoms with van der Waals surface area (Å²) < 4.78 is 5.75. The van der Waals surface area contributed by atoms with Crippen molar-refractivity contribution in [3.8, 4) is 0 Å². The van der Waals surface area contributed by atoms with Crippen molar-refractivity contribution < 1.29 is 19.7 Å². The third-order valence-electron chi connectivity index (χ3n) is 10.4. The van der Waals surface area contributed by atoms with Crippen molar-refractivity contribution in [3.05, 3.63) is 66.0 Å². The number of esters is 1. The molecular weight excluding hydrogens is 486 g/mol. The number of allylic oxidation sites excluding steroid dienone is 3. The number of nitrogens with zero attached hydrogens (tertiary/aromatic N) is 1. The summed E-state index contributed by atoms with van der Waals surface area (Å²) in [5.41, 5.74) is 0.954. The van der Waals surface area contributed by atoms with Gasteiger partial charge in [0.05, 0.1) is 5.60 Å². The molecule has 1 heterocycles. The molecule has 2 unspecified atom stereocenters. The summed E-state index contributed by atoms with van der Waals surface area (Å²) in [7, 11) is 0. The Morgan fingerprint density at radius 1 is 1.15 bits per heavy atom. The van der Waals surface area contributed by atoms with E-state index in [9.17, 15) is 15.0 Å². The van der Waals surface area contributed by atoms with Crippen LogP contribution in [0.15, 0.2) is 60.3 Å². The summed E-state index contributed by atoms with van der Waals surface area (Å²) in [5, 5.41) is 23.7. The van der Waals surface area contributed by atoms with E-state index in [0.717, 1.165) is 36.8 Å². The van der Waals surface area contributed by atoms with Crippen molar-refractivity contribution in [3.63, 3.8) is 0 Å². The Balaban J connectivity index is 1.48. The molecule has 0 spiro atoms. The topological polar surface area (TPSA) is 79.7 Å². The van der Waals surface area contributed by atoms with Crippen molar-refractivity contribution in [2.45, 2.75) is 104 Å². The van der Waals surface area contributed by atoms with Gasteiger partial charge in [-0.05, 0) is 104 Å². The van der Waals surface area contributed by atoms with Gasteiger partial charge in [-0.15, -0.1) is 0 Å². The quantitative estimate of drug-likeness (QED) is 0.275. The van der Waals surface area contributed by atoms with E-state index in [1.807, 2.05) is 6.08 Å². The number of aromatic nitrogens is 1. The normalized spacial score (nSPS) is 34.7. The van der Waals surface area contributed by atoms with E-state index in [1.54, 1.807) is 24.4 Å². The van der Waals surface area contributed by atoms with Crippen molar-refractivity contribution in [2.75, 3.05) is 0 Å². The molecule has 4 rings (SSSR count). The molecular formula is C34H49NO4. The molecule has 3 aliphatic rings. The van der Waals surface area contributed by atoms with Crippen LogP contribution in [0.25, 0.3) is 0 Å². The predicted octanol–water partition coefficient (Wildman–Crippen LogP) is 7.07. The summed E-state index contributed by atoms with van der Waals surface area (Å²) in [6, 6.07) is 5.18. The molecule has 5 heteroatoms. The van der Waals surface area contributed by atoms with E-state index in [4.69, 9.17) is 4.74 Å². The Morgan fingerprint density at radius 2 is 1.92 bits per heavy atom. The molecule has 3 saturated carbocycles. The van der Waals surface area contributed by atoms with Crippen molar-refractivity contribution in [2.24, 2.45) is 35.0 Å². The van der Waals surface area contributed by atoms with Crippen LogP contribution in [0.2, 0.25) is 0 Å². The average Bonchev–Trinajstić information content (AvgIpc) is 3.27. The van der Waals surface area contributed by atoms with Gasteiger partial charge in [-0.3, -0.25) is 0 Å². The minimum atomic E-state index is -1.17. The summed E-state index contributed by atoms with van der Waals surface area (Å²) in [6.07, 6.45) is 13.4. The first-order valence-electron chi connectivity index (χ1n) is 15.0. The molecule has 0 aromatic carbocycles. The summed E-state index contributed by atoms with van der Waals surface area (Å²) in [5.74, 6) is 1.71. The SMILES string of the molecule is C=C1CC[C@H](OC(=O)c2ccccn2)C/C1=C/C(O)C1(O)CCC[C@]2(C)[C@@H]1CC[C@H]2[C@@H](C)/C=C/[C@@H](C)C(C)C. The van der Waals surface area contributed by atoms with Gasteiger partial charge in [0.15, 0.2) is 0 Å². The van der Waals surface area contributed by atoms with Crippen LogP contribution in [-0.4, -0.2) is 39.0 Å². The number of hydrogen-bond acceptors (Lipinski definition) is 5. The van der Waals surface area contributed by atoms with E-state index in [1.165, 1.54) is 0 Å². The monoisotopic (exact) mass is 535 g/mol. The summed E-state index contributed by atoms with van der Waals surface area (Å²) in [6.45, 7) is 15.7. The number of hydrogen-bond donors (Lipinski definition) is 2. The lowest BCUT2D eigenvalue weighted by Crippen LogP contribution is -2.56. The second-order valence-electron chi connectivity index (χ2n) is 13.2. The number of carbonyl (C=O) groups is 1. The van der Waals surface area contributed by atoms with Gasteiger partial charge in [-0.1, -0.05) is 65.0 Å². The van der Waals surface area contributed by atoms with E-state index < -0.39 is 17.7 Å². The average molecular weight is 536 g/mol. The van der Waals surface area contributed by atoms with Gasteiger partial charge in [-0.25, -0.2) is 9.78 Å². The lowest BCUT2D eigenvalue weighted by Gasteiger charge is -2.52. The van der Waals surface area contributed by atoms with Crippen LogP contribution in [0.3, 0.4) is 0 Å². The zero-order chi connectivity index (χ0) is 28.4.